The highest BCUT2D eigenvalue weighted by molar-refractivity contribution is 6.34. The van der Waals surface area contributed by atoms with Crippen molar-refractivity contribution in [3.63, 3.8) is 0 Å². The summed E-state index contributed by atoms with van der Waals surface area (Å²) in [6.45, 7) is 0.593. The summed E-state index contributed by atoms with van der Waals surface area (Å²) >= 11 is 6.70. The maximum atomic E-state index is 6.70. The minimum absolute atomic E-state index is 0.376. The largest absolute Gasteiger partial charge is 0.352 e. The zero-order valence-electron chi connectivity index (χ0n) is 17.9. The van der Waals surface area contributed by atoms with Gasteiger partial charge in [-0.1, -0.05) is 41.9 Å². The van der Waals surface area contributed by atoms with E-state index in [0.717, 1.165) is 58.3 Å². The van der Waals surface area contributed by atoms with Gasteiger partial charge < -0.3 is 10.2 Å². The molecule has 2 aromatic carbocycles. The number of nitrogens with zero attached hydrogens (tertiary/aromatic N) is 4. The Morgan fingerprint density at radius 1 is 0.939 bits per heavy atom. The molecule has 0 atom stereocenters. The molecule has 0 bridgehead atoms. The highest BCUT2D eigenvalue weighted by Crippen LogP contribution is 2.40. The van der Waals surface area contributed by atoms with Crippen LogP contribution in [0.25, 0.3) is 0 Å². The summed E-state index contributed by atoms with van der Waals surface area (Å²) in [4.78, 5) is 16.5. The van der Waals surface area contributed by atoms with Crippen LogP contribution < -0.4 is 10.2 Å². The summed E-state index contributed by atoms with van der Waals surface area (Å²) in [7, 11) is 0. The molecule has 0 amide bonds. The maximum absolute atomic E-state index is 6.70. The quantitative estimate of drug-likeness (QED) is 0.472. The average Bonchev–Trinajstić information content (AvgIpc) is 3.67. The Morgan fingerprint density at radius 3 is 2.55 bits per heavy atom. The maximum Gasteiger partial charge on any atom is 0.0841 e. The van der Waals surface area contributed by atoms with Gasteiger partial charge in [0.15, 0.2) is 0 Å². The van der Waals surface area contributed by atoms with Crippen LogP contribution in [-0.4, -0.2) is 22.4 Å². The first-order chi connectivity index (χ1) is 16.3. The number of para-hydroxylation sites is 2. The molecule has 2 heterocycles. The first-order valence-corrected chi connectivity index (χ1v) is 11.5. The van der Waals surface area contributed by atoms with E-state index in [2.05, 4.69) is 51.6 Å². The lowest BCUT2D eigenvalue weighted by Gasteiger charge is -2.30. The fourth-order valence-corrected chi connectivity index (χ4v) is 4.35. The number of nitrogens with one attached hydrogen (secondary N) is 1. The fraction of sp³-hybridized carbons (Fsp3) is 0.148. The Balaban J connectivity index is 1.51. The number of pyridine rings is 1. The van der Waals surface area contributed by atoms with Crippen molar-refractivity contribution in [2.24, 2.45) is 9.98 Å². The summed E-state index contributed by atoms with van der Waals surface area (Å²) in [6, 6.07) is 20.6. The molecule has 1 saturated carbocycles. The molecule has 162 valence electrons. The fourth-order valence-electron chi connectivity index (χ4n) is 4.13. The minimum Gasteiger partial charge on any atom is -0.352 e. The lowest BCUT2D eigenvalue weighted by Crippen LogP contribution is -2.28. The predicted molar refractivity (Wildman–Crippen MR) is 136 cm³/mol. The van der Waals surface area contributed by atoms with Crippen LogP contribution in [0.4, 0.5) is 17.1 Å². The second-order valence-corrected chi connectivity index (χ2v) is 8.72. The number of hydrogen-bond donors (Lipinski definition) is 1. The van der Waals surface area contributed by atoms with Crippen LogP contribution in [0.1, 0.15) is 18.4 Å². The second-order valence-electron chi connectivity index (χ2n) is 8.32. The van der Waals surface area contributed by atoms with E-state index in [0.29, 0.717) is 17.6 Å². The van der Waals surface area contributed by atoms with E-state index in [4.69, 9.17) is 21.6 Å². The standard InChI is InChI=1S/C27H22ClN5/c28-21-8-2-4-10-26(21)33-25-9-3-1-6-18(25)16-30-24-14-22(32-20-7-5-13-29-17-20)23(15-27(24)33)31-19-11-12-19/h1-10,13-15,17,19,32H,11-12,16H2. The van der Waals surface area contributed by atoms with Gasteiger partial charge in [-0.15, -0.1) is 0 Å². The highest BCUT2D eigenvalue weighted by Gasteiger charge is 2.30. The van der Waals surface area contributed by atoms with Gasteiger partial charge in [-0.05, 0) is 60.9 Å². The van der Waals surface area contributed by atoms with Crippen LogP contribution in [0.5, 0.6) is 0 Å². The van der Waals surface area contributed by atoms with Crippen molar-refractivity contribution in [1.29, 1.82) is 0 Å². The van der Waals surface area contributed by atoms with Crippen LogP contribution in [0.2, 0.25) is 5.02 Å². The van der Waals surface area contributed by atoms with E-state index < -0.39 is 0 Å². The third kappa shape index (κ3) is 3.96. The molecule has 0 radical (unpaired) electrons. The normalized spacial score (nSPS) is 18.5. The average molecular weight is 452 g/mol. The third-order valence-corrected chi connectivity index (χ3v) is 6.21. The summed E-state index contributed by atoms with van der Waals surface area (Å²) in [5.74, 6) is 0. The molecule has 0 spiro atoms. The van der Waals surface area contributed by atoms with Gasteiger partial charge in [-0.2, -0.15) is 0 Å². The molecule has 1 N–H and O–H groups in total. The van der Waals surface area contributed by atoms with Crippen LogP contribution in [-0.2, 0) is 6.54 Å². The third-order valence-electron chi connectivity index (χ3n) is 5.89. The number of aliphatic imine (C=N–C) groups is 2. The molecule has 0 saturated heterocycles. The molecule has 1 aromatic heterocycles. The van der Waals surface area contributed by atoms with Crippen LogP contribution in [0, 0.1) is 0 Å². The molecule has 33 heavy (non-hydrogen) atoms. The first kappa shape index (κ1) is 19.9. The number of benzene rings is 2. The van der Waals surface area contributed by atoms with Crippen LogP contribution in [0.3, 0.4) is 0 Å². The van der Waals surface area contributed by atoms with E-state index in [-0.39, 0.29) is 0 Å². The van der Waals surface area contributed by atoms with Crippen LogP contribution in [0.15, 0.2) is 107 Å². The zero-order chi connectivity index (χ0) is 22.2. The van der Waals surface area contributed by atoms with Gasteiger partial charge in [0.2, 0.25) is 0 Å². The minimum atomic E-state index is 0.376. The second kappa shape index (κ2) is 8.34. The molecular weight excluding hydrogens is 430 g/mol. The van der Waals surface area contributed by atoms with Crippen molar-refractivity contribution < 1.29 is 0 Å². The topological polar surface area (TPSA) is 52.9 Å². The lowest BCUT2D eigenvalue weighted by atomic mass is 10.0. The summed E-state index contributed by atoms with van der Waals surface area (Å²) in [5, 5.41) is 4.20. The highest BCUT2D eigenvalue weighted by atomic mass is 35.5. The summed E-state index contributed by atoms with van der Waals surface area (Å²) < 4.78 is 0. The number of hydrogen-bond acceptors (Lipinski definition) is 5. The zero-order valence-corrected chi connectivity index (χ0v) is 18.7. The molecule has 6 heteroatoms. The Labute approximate surface area is 197 Å². The number of halogens is 1. The monoisotopic (exact) mass is 451 g/mol. The Hall–Kier alpha value is -3.70. The van der Waals surface area contributed by atoms with Gasteiger partial charge >= 0.3 is 0 Å². The first-order valence-electron chi connectivity index (χ1n) is 11.1. The molecule has 1 aliphatic heterocycles. The molecule has 5 nitrogen and oxygen atoms in total. The van der Waals surface area contributed by atoms with Gasteiger partial charge in [0, 0.05) is 6.20 Å². The SMILES string of the molecule is Clc1ccccc1N1C2=CC(=NC3CC3)C(Nc3cccnc3)=CC2=NCc2ccccc21. The molecule has 0 unspecified atom stereocenters. The number of allylic oxidation sites excluding steroid dienone is 2. The van der Waals surface area contributed by atoms with E-state index >= 15 is 0 Å². The number of aromatic nitrogens is 1. The molecule has 1 fully saturated rings. The van der Waals surface area contributed by atoms with E-state index in [1.165, 1.54) is 0 Å². The molecule has 3 aromatic rings. The van der Waals surface area contributed by atoms with Crippen molar-refractivity contribution in [1.82, 2.24) is 4.98 Å². The Morgan fingerprint density at radius 2 is 1.76 bits per heavy atom. The van der Waals surface area contributed by atoms with Gasteiger partial charge in [-0.25, -0.2) is 0 Å². The number of fused-ring (bicyclic) bond motifs is 2. The lowest BCUT2D eigenvalue weighted by molar-refractivity contribution is 1.06. The predicted octanol–water partition coefficient (Wildman–Crippen LogP) is 6.32. The molecular formula is C27H22ClN5. The van der Waals surface area contributed by atoms with Crippen molar-refractivity contribution in [2.45, 2.75) is 25.4 Å². The van der Waals surface area contributed by atoms with Crippen molar-refractivity contribution in [3.8, 4) is 0 Å². The van der Waals surface area contributed by atoms with Gasteiger partial charge in [0.1, 0.15) is 0 Å². The van der Waals surface area contributed by atoms with Gasteiger partial charge in [-0.3, -0.25) is 15.0 Å². The Bertz CT molecular complexity index is 1340. The molecule has 2 aliphatic carbocycles. The number of anilines is 3. The van der Waals surface area contributed by atoms with Crippen molar-refractivity contribution in [2.75, 3.05) is 10.2 Å². The smallest absolute Gasteiger partial charge is 0.0841 e. The van der Waals surface area contributed by atoms with Gasteiger partial charge in [0.05, 0.1) is 63.7 Å². The molecule has 6 rings (SSSR count). The van der Waals surface area contributed by atoms with E-state index in [9.17, 15) is 0 Å². The van der Waals surface area contributed by atoms with Crippen LogP contribution >= 0.6 is 11.6 Å². The van der Waals surface area contributed by atoms with Gasteiger partial charge in [0.25, 0.3) is 0 Å². The number of rotatable bonds is 4. The van der Waals surface area contributed by atoms with Crippen molar-refractivity contribution in [3.05, 3.63) is 107 Å². The van der Waals surface area contributed by atoms with E-state index in [1.54, 1.807) is 6.20 Å². The van der Waals surface area contributed by atoms with E-state index in [1.807, 2.05) is 42.6 Å². The van der Waals surface area contributed by atoms with Crippen molar-refractivity contribution >= 4 is 40.1 Å². The molecule has 3 aliphatic rings. The summed E-state index contributed by atoms with van der Waals surface area (Å²) in [5.41, 5.74) is 7.81. The Kier molecular flexibility index (Phi) is 5.04. The summed E-state index contributed by atoms with van der Waals surface area (Å²) in [6.07, 6.45) is 10.1.